The van der Waals surface area contributed by atoms with Gasteiger partial charge in [0.25, 0.3) is 5.91 Å². The molecular weight excluding hydrogens is 400 g/mol. The summed E-state index contributed by atoms with van der Waals surface area (Å²) in [5.41, 5.74) is 2.33. The maximum atomic E-state index is 12.5. The van der Waals surface area contributed by atoms with Gasteiger partial charge in [0.2, 0.25) is 0 Å². The molecule has 0 aliphatic carbocycles. The molecule has 1 fully saturated rings. The van der Waals surface area contributed by atoms with Gasteiger partial charge in [0.1, 0.15) is 5.75 Å². The highest BCUT2D eigenvalue weighted by atomic mass is 79.9. The second-order valence-electron chi connectivity index (χ2n) is 6.16. The lowest BCUT2D eigenvalue weighted by Crippen LogP contribution is -2.43. The number of benzene rings is 1. The Balaban J connectivity index is 1.74. The molecule has 1 unspecified atom stereocenters. The third kappa shape index (κ3) is 4.25. The minimum atomic E-state index is -0.201. The second-order valence-corrected chi connectivity index (χ2v) is 6.95. The number of rotatable bonds is 6. The third-order valence-corrected chi connectivity index (χ3v) is 5.50. The Hall–Kier alpha value is -1.90. The summed E-state index contributed by atoms with van der Waals surface area (Å²) in [6.45, 7) is 5.41. The highest BCUT2D eigenvalue weighted by Gasteiger charge is 2.24. The first-order valence-corrected chi connectivity index (χ1v) is 9.34. The van der Waals surface area contributed by atoms with Crippen molar-refractivity contribution < 1.29 is 14.3 Å². The minimum Gasteiger partial charge on any atom is -0.497 e. The van der Waals surface area contributed by atoms with E-state index < -0.39 is 0 Å². The molecule has 2 aromatic rings. The molecule has 1 aromatic heterocycles. The van der Waals surface area contributed by atoms with Gasteiger partial charge in [-0.1, -0.05) is 12.1 Å². The summed E-state index contributed by atoms with van der Waals surface area (Å²) in [5, 5.41) is 9.89. The van der Waals surface area contributed by atoms with Crippen LogP contribution in [0.15, 0.2) is 28.7 Å². The number of morpholine rings is 1. The molecule has 2 N–H and O–H groups in total. The van der Waals surface area contributed by atoms with E-state index in [-0.39, 0.29) is 11.9 Å². The monoisotopic (exact) mass is 422 g/mol. The summed E-state index contributed by atoms with van der Waals surface area (Å²) in [4.78, 5) is 14.8. The predicted molar refractivity (Wildman–Crippen MR) is 101 cm³/mol. The highest BCUT2D eigenvalue weighted by molar-refractivity contribution is 9.10. The van der Waals surface area contributed by atoms with Crippen molar-refractivity contribution in [1.82, 2.24) is 20.4 Å². The van der Waals surface area contributed by atoms with Crippen molar-refractivity contribution in [3.05, 3.63) is 45.7 Å². The SMILES string of the molecule is COc1ccc(C(CNC(=O)c2n[nH]c(C)c2Br)N2CCOCC2)cc1. The van der Waals surface area contributed by atoms with E-state index in [9.17, 15) is 4.79 Å². The predicted octanol–water partition coefficient (Wildman–Crippen LogP) is 2.29. The average molecular weight is 423 g/mol. The van der Waals surface area contributed by atoms with Gasteiger partial charge < -0.3 is 14.8 Å². The lowest BCUT2D eigenvalue weighted by molar-refractivity contribution is 0.0162. The van der Waals surface area contributed by atoms with Crippen molar-refractivity contribution >= 4 is 21.8 Å². The van der Waals surface area contributed by atoms with Gasteiger partial charge in [0.05, 0.1) is 30.8 Å². The van der Waals surface area contributed by atoms with Gasteiger partial charge >= 0.3 is 0 Å². The molecule has 26 heavy (non-hydrogen) atoms. The van der Waals surface area contributed by atoms with Crippen molar-refractivity contribution in [3.8, 4) is 5.75 Å². The van der Waals surface area contributed by atoms with Crippen molar-refractivity contribution in [1.29, 1.82) is 0 Å². The van der Waals surface area contributed by atoms with Gasteiger partial charge in [-0.25, -0.2) is 0 Å². The topological polar surface area (TPSA) is 79.5 Å². The smallest absolute Gasteiger partial charge is 0.273 e. The zero-order chi connectivity index (χ0) is 18.5. The van der Waals surface area contributed by atoms with Crippen molar-refractivity contribution in [2.45, 2.75) is 13.0 Å². The number of hydrogen-bond donors (Lipinski definition) is 2. The number of H-pyrrole nitrogens is 1. The first-order valence-electron chi connectivity index (χ1n) is 8.54. The molecule has 1 aliphatic rings. The molecule has 1 saturated heterocycles. The molecule has 0 saturated carbocycles. The molecule has 140 valence electrons. The van der Waals surface area contributed by atoms with Gasteiger partial charge in [-0.15, -0.1) is 0 Å². The van der Waals surface area contributed by atoms with Gasteiger partial charge in [0, 0.05) is 25.3 Å². The van der Waals surface area contributed by atoms with Crippen LogP contribution in [0.5, 0.6) is 5.75 Å². The number of amides is 1. The van der Waals surface area contributed by atoms with E-state index in [1.807, 2.05) is 31.2 Å². The summed E-state index contributed by atoms with van der Waals surface area (Å²) in [6.07, 6.45) is 0. The Labute approximate surface area is 161 Å². The molecule has 0 spiro atoms. The van der Waals surface area contributed by atoms with Crippen LogP contribution in [-0.2, 0) is 4.74 Å². The number of hydrogen-bond acceptors (Lipinski definition) is 5. The first kappa shape index (κ1) is 18.9. The number of halogens is 1. The summed E-state index contributed by atoms with van der Waals surface area (Å²) in [7, 11) is 1.65. The van der Waals surface area contributed by atoms with Crippen LogP contribution in [0.1, 0.15) is 27.8 Å². The minimum absolute atomic E-state index is 0.0626. The number of aryl methyl sites for hydroxylation is 1. The Kier molecular flexibility index (Phi) is 6.29. The van der Waals surface area contributed by atoms with E-state index in [2.05, 4.69) is 36.3 Å². The van der Waals surface area contributed by atoms with E-state index in [1.165, 1.54) is 0 Å². The molecule has 1 atom stereocenters. The third-order valence-electron chi connectivity index (χ3n) is 4.53. The molecule has 1 aliphatic heterocycles. The van der Waals surface area contributed by atoms with Crippen LogP contribution in [0.25, 0.3) is 0 Å². The number of carbonyl (C=O) groups is 1. The maximum Gasteiger partial charge on any atom is 0.273 e. The van der Waals surface area contributed by atoms with E-state index in [0.717, 1.165) is 30.1 Å². The number of nitrogens with one attached hydrogen (secondary N) is 2. The van der Waals surface area contributed by atoms with Crippen LogP contribution < -0.4 is 10.1 Å². The molecule has 8 heteroatoms. The standard InChI is InChI=1S/C18H23BrN4O3/c1-12-16(19)17(22-21-12)18(24)20-11-15(23-7-9-26-10-8-23)13-3-5-14(25-2)6-4-13/h3-6,15H,7-11H2,1-2H3,(H,20,24)(H,21,22). The number of aromatic nitrogens is 2. The van der Waals surface area contributed by atoms with E-state index in [4.69, 9.17) is 9.47 Å². The Bertz CT molecular complexity index is 741. The van der Waals surface area contributed by atoms with Crippen LogP contribution in [-0.4, -0.2) is 61.0 Å². The Morgan fingerprint density at radius 3 is 2.65 bits per heavy atom. The normalized spacial score (nSPS) is 16.3. The van der Waals surface area contributed by atoms with Gasteiger partial charge in [-0.3, -0.25) is 14.8 Å². The zero-order valence-electron chi connectivity index (χ0n) is 14.9. The fraction of sp³-hybridized carbons (Fsp3) is 0.444. The molecule has 0 bridgehead atoms. The Morgan fingerprint density at radius 1 is 1.38 bits per heavy atom. The number of carbonyl (C=O) groups excluding carboxylic acids is 1. The summed E-state index contributed by atoms with van der Waals surface area (Å²) < 4.78 is 11.4. The number of methoxy groups -OCH3 is 1. The Morgan fingerprint density at radius 2 is 2.08 bits per heavy atom. The summed E-state index contributed by atoms with van der Waals surface area (Å²) >= 11 is 3.40. The van der Waals surface area contributed by atoms with E-state index in [1.54, 1.807) is 7.11 Å². The van der Waals surface area contributed by atoms with Crippen LogP contribution in [0, 0.1) is 6.92 Å². The largest absolute Gasteiger partial charge is 0.497 e. The lowest BCUT2D eigenvalue weighted by Gasteiger charge is -2.35. The van der Waals surface area contributed by atoms with Crippen molar-refractivity contribution in [3.63, 3.8) is 0 Å². The average Bonchev–Trinajstić information content (AvgIpc) is 3.02. The molecule has 7 nitrogen and oxygen atoms in total. The second kappa shape index (κ2) is 8.66. The maximum absolute atomic E-state index is 12.5. The van der Waals surface area contributed by atoms with Crippen molar-refractivity contribution in [2.24, 2.45) is 0 Å². The zero-order valence-corrected chi connectivity index (χ0v) is 16.5. The molecule has 1 amide bonds. The summed E-state index contributed by atoms with van der Waals surface area (Å²) in [6, 6.07) is 8.03. The fourth-order valence-corrected chi connectivity index (χ4v) is 3.37. The van der Waals surface area contributed by atoms with Crippen LogP contribution >= 0.6 is 15.9 Å². The van der Waals surface area contributed by atoms with Gasteiger partial charge in [-0.05, 0) is 40.5 Å². The molecule has 2 heterocycles. The van der Waals surface area contributed by atoms with Gasteiger partial charge in [0.15, 0.2) is 5.69 Å². The highest BCUT2D eigenvalue weighted by Crippen LogP contribution is 2.24. The van der Waals surface area contributed by atoms with Crippen LogP contribution in [0.4, 0.5) is 0 Å². The van der Waals surface area contributed by atoms with Gasteiger partial charge in [-0.2, -0.15) is 5.10 Å². The number of aromatic amines is 1. The van der Waals surface area contributed by atoms with E-state index >= 15 is 0 Å². The molecule has 1 aromatic carbocycles. The molecule has 3 rings (SSSR count). The summed E-state index contributed by atoms with van der Waals surface area (Å²) in [5.74, 6) is 0.613. The fourth-order valence-electron chi connectivity index (χ4n) is 3.01. The first-order chi connectivity index (χ1) is 12.6. The quantitative estimate of drug-likeness (QED) is 0.746. The van der Waals surface area contributed by atoms with Crippen LogP contribution in [0.2, 0.25) is 0 Å². The van der Waals surface area contributed by atoms with Crippen LogP contribution in [0.3, 0.4) is 0 Å². The molecule has 0 radical (unpaired) electrons. The van der Waals surface area contributed by atoms with Crippen molar-refractivity contribution in [2.75, 3.05) is 40.0 Å². The lowest BCUT2D eigenvalue weighted by atomic mass is 10.0. The van der Waals surface area contributed by atoms with E-state index in [0.29, 0.717) is 29.9 Å². The number of ether oxygens (including phenoxy) is 2. The number of nitrogens with zero attached hydrogens (tertiary/aromatic N) is 2. The molecular formula is C18H23BrN4O3.